The van der Waals surface area contributed by atoms with Crippen molar-refractivity contribution in [2.75, 3.05) is 19.8 Å². The Morgan fingerprint density at radius 1 is 1.05 bits per heavy atom. The third kappa shape index (κ3) is 2.62. The summed E-state index contributed by atoms with van der Waals surface area (Å²) >= 11 is 0. The molecule has 110 valence electrons. The second-order valence-electron chi connectivity index (χ2n) is 6.20. The van der Waals surface area contributed by atoms with Gasteiger partial charge in [-0.25, -0.2) is 0 Å². The van der Waals surface area contributed by atoms with Gasteiger partial charge >= 0.3 is 0 Å². The van der Waals surface area contributed by atoms with Gasteiger partial charge in [-0.2, -0.15) is 0 Å². The molecule has 0 aromatic heterocycles. The number of hydrogen-bond acceptors (Lipinski definition) is 3. The molecule has 3 rings (SSSR count). The molecule has 0 radical (unpaired) electrons. The predicted molar refractivity (Wildman–Crippen MR) is 77.3 cm³/mol. The zero-order valence-electron chi connectivity index (χ0n) is 12.3. The summed E-state index contributed by atoms with van der Waals surface area (Å²) in [6.07, 6.45) is 4.54. The van der Waals surface area contributed by atoms with E-state index in [4.69, 9.17) is 14.2 Å². The normalized spacial score (nSPS) is 28.9. The first kappa shape index (κ1) is 14.1. The fourth-order valence-corrected chi connectivity index (χ4v) is 3.46. The molecule has 0 N–H and O–H groups in total. The lowest BCUT2D eigenvalue weighted by atomic mass is 9.71. The summed E-state index contributed by atoms with van der Waals surface area (Å²) < 4.78 is 18.0. The minimum atomic E-state index is -0.401. The molecule has 1 saturated carbocycles. The summed E-state index contributed by atoms with van der Waals surface area (Å²) in [5.41, 5.74) is 1.19. The van der Waals surface area contributed by atoms with Crippen LogP contribution < -0.4 is 0 Å². The van der Waals surface area contributed by atoms with E-state index in [1.165, 1.54) is 18.4 Å². The summed E-state index contributed by atoms with van der Waals surface area (Å²) in [6.45, 7) is 5.04. The highest BCUT2D eigenvalue weighted by atomic mass is 16.7. The van der Waals surface area contributed by atoms with Crippen molar-refractivity contribution in [1.82, 2.24) is 0 Å². The van der Waals surface area contributed by atoms with Crippen LogP contribution >= 0.6 is 0 Å². The van der Waals surface area contributed by atoms with E-state index < -0.39 is 5.79 Å². The van der Waals surface area contributed by atoms with Gasteiger partial charge in [0.2, 0.25) is 0 Å². The van der Waals surface area contributed by atoms with Gasteiger partial charge in [-0.3, -0.25) is 0 Å². The van der Waals surface area contributed by atoms with E-state index in [-0.39, 0.29) is 5.41 Å². The summed E-state index contributed by atoms with van der Waals surface area (Å²) in [7, 11) is 0. The van der Waals surface area contributed by atoms with Gasteiger partial charge in [-0.15, -0.1) is 0 Å². The van der Waals surface area contributed by atoms with E-state index in [9.17, 15) is 0 Å². The molecule has 1 heterocycles. The van der Waals surface area contributed by atoms with Crippen LogP contribution in [0, 0.1) is 5.41 Å². The molecular formula is C17H24O3. The summed E-state index contributed by atoms with van der Waals surface area (Å²) in [4.78, 5) is 0. The second-order valence-corrected chi connectivity index (χ2v) is 6.20. The number of ether oxygens (including phenoxy) is 3. The van der Waals surface area contributed by atoms with E-state index in [1.807, 2.05) is 18.2 Å². The quantitative estimate of drug-likeness (QED) is 0.842. The van der Waals surface area contributed by atoms with Crippen LogP contribution in [-0.4, -0.2) is 25.6 Å². The van der Waals surface area contributed by atoms with Crippen LogP contribution in [0.4, 0.5) is 0 Å². The Hall–Kier alpha value is -0.900. The van der Waals surface area contributed by atoms with E-state index in [0.29, 0.717) is 26.4 Å². The molecule has 1 atom stereocenters. The van der Waals surface area contributed by atoms with Gasteiger partial charge in [-0.1, -0.05) is 43.7 Å². The zero-order chi connectivity index (χ0) is 13.9. The molecular weight excluding hydrogens is 252 g/mol. The highest BCUT2D eigenvalue weighted by Gasteiger charge is 2.54. The van der Waals surface area contributed by atoms with Gasteiger partial charge in [0.1, 0.15) is 0 Å². The molecule has 0 bridgehead atoms. The molecule has 2 fully saturated rings. The third-order valence-electron chi connectivity index (χ3n) is 4.69. The summed E-state index contributed by atoms with van der Waals surface area (Å²) in [6, 6.07) is 10.3. The molecule has 1 saturated heterocycles. The monoisotopic (exact) mass is 276 g/mol. The van der Waals surface area contributed by atoms with Crippen LogP contribution in [0.5, 0.6) is 0 Å². The maximum absolute atomic E-state index is 6.00. The lowest BCUT2D eigenvalue weighted by Crippen LogP contribution is -2.52. The van der Waals surface area contributed by atoms with Crippen LogP contribution in [0.3, 0.4) is 0 Å². The molecule has 1 aliphatic heterocycles. The minimum Gasteiger partial charge on any atom is -0.376 e. The van der Waals surface area contributed by atoms with Crippen molar-refractivity contribution >= 4 is 0 Å². The maximum atomic E-state index is 6.00. The van der Waals surface area contributed by atoms with Gasteiger partial charge < -0.3 is 14.2 Å². The van der Waals surface area contributed by atoms with Gasteiger partial charge in [0.05, 0.1) is 26.4 Å². The Bertz CT molecular complexity index is 425. The van der Waals surface area contributed by atoms with Crippen molar-refractivity contribution < 1.29 is 14.2 Å². The van der Waals surface area contributed by atoms with Crippen LogP contribution in [0.25, 0.3) is 0 Å². The number of hydrogen-bond donors (Lipinski definition) is 0. The molecule has 1 aromatic carbocycles. The number of rotatable bonds is 4. The Labute approximate surface area is 121 Å². The molecule has 0 amide bonds. The largest absolute Gasteiger partial charge is 0.376 e. The number of benzene rings is 1. The Balaban J connectivity index is 1.62. The summed E-state index contributed by atoms with van der Waals surface area (Å²) in [5.74, 6) is -0.401. The van der Waals surface area contributed by atoms with Crippen molar-refractivity contribution in [3.63, 3.8) is 0 Å². The van der Waals surface area contributed by atoms with E-state index in [0.717, 1.165) is 12.8 Å². The average molecular weight is 276 g/mol. The topological polar surface area (TPSA) is 27.7 Å². The van der Waals surface area contributed by atoms with Crippen molar-refractivity contribution in [1.29, 1.82) is 0 Å². The van der Waals surface area contributed by atoms with Crippen molar-refractivity contribution in [2.24, 2.45) is 5.41 Å². The van der Waals surface area contributed by atoms with Crippen LogP contribution in [0.15, 0.2) is 30.3 Å². The molecule has 1 spiro atoms. The lowest BCUT2D eigenvalue weighted by Gasteiger charge is -2.47. The van der Waals surface area contributed by atoms with Gasteiger partial charge in [0, 0.05) is 11.8 Å². The zero-order valence-corrected chi connectivity index (χ0v) is 12.3. The highest BCUT2D eigenvalue weighted by molar-refractivity contribution is 5.13. The first-order valence-corrected chi connectivity index (χ1v) is 7.64. The van der Waals surface area contributed by atoms with E-state index >= 15 is 0 Å². The van der Waals surface area contributed by atoms with E-state index in [1.54, 1.807) is 0 Å². The predicted octanol–water partition coefficient (Wildman–Crippen LogP) is 3.53. The van der Waals surface area contributed by atoms with Gasteiger partial charge in [-0.05, 0) is 18.4 Å². The van der Waals surface area contributed by atoms with Crippen molar-refractivity contribution in [3.8, 4) is 0 Å². The summed E-state index contributed by atoms with van der Waals surface area (Å²) in [5, 5.41) is 0. The first-order chi connectivity index (χ1) is 9.74. The SMILES string of the molecule is CC1(COCc2ccccc2)CCCCC12OCCO2. The first-order valence-electron chi connectivity index (χ1n) is 7.64. The molecule has 3 heteroatoms. The third-order valence-corrected chi connectivity index (χ3v) is 4.69. The van der Waals surface area contributed by atoms with Crippen molar-refractivity contribution in [3.05, 3.63) is 35.9 Å². The lowest BCUT2D eigenvalue weighted by molar-refractivity contribution is -0.264. The van der Waals surface area contributed by atoms with Gasteiger partial charge in [0.25, 0.3) is 0 Å². The van der Waals surface area contributed by atoms with Gasteiger partial charge in [0.15, 0.2) is 5.79 Å². The minimum absolute atomic E-state index is 0.0312. The Kier molecular flexibility index (Phi) is 4.11. The second kappa shape index (κ2) is 5.84. The van der Waals surface area contributed by atoms with Crippen molar-refractivity contribution in [2.45, 2.75) is 45.0 Å². The standard InChI is InChI=1S/C17H24O3/c1-16(14-18-13-15-7-3-2-4-8-15)9-5-6-10-17(16)19-11-12-20-17/h2-4,7-8H,5-6,9-14H2,1H3. The average Bonchev–Trinajstić information content (AvgIpc) is 2.94. The molecule has 3 nitrogen and oxygen atoms in total. The highest BCUT2D eigenvalue weighted by Crippen LogP contribution is 2.49. The molecule has 1 aliphatic carbocycles. The smallest absolute Gasteiger partial charge is 0.175 e. The molecule has 2 aliphatic rings. The van der Waals surface area contributed by atoms with Crippen LogP contribution in [-0.2, 0) is 20.8 Å². The van der Waals surface area contributed by atoms with E-state index in [2.05, 4.69) is 19.1 Å². The maximum Gasteiger partial charge on any atom is 0.175 e. The molecule has 1 aromatic rings. The van der Waals surface area contributed by atoms with Crippen LogP contribution in [0.1, 0.15) is 38.2 Å². The fraction of sp³-hybridized carbons (Fsp3) is 0.647. The molecule has 20 heavy (non-hydrogen) atoms. The van der Waals surface area contributed by atoms with Crippen LogP contribution in [0.2, 0.25) is 0 Å². The Morgan fingerprint density at radius 3 is 2.50 bits per heavy atom. The molecule has 1 unspecified atom stereocenters. The Morgan fingerprint density at radius 2 is 1.75 bits per heavy atom. The fourth-order valence-electron chi connectivity index (χ4n) is 3.46.